The Labute approximate surface area is 291 Å². The molecule has 3 atom stereocenters. The molecule has 262 valence electrons. The van der Waals surface area contributed by atoms with Crippen LogP contribution >= 0.6 is 0 Å². The molecule has 11 heteroatoms. The van der Waals surface area contributed by atoms with Crippen LogP contribution in [0.15, 0.2) is 82.6 Å². The molecule has 3 amide bonds. The van der Waals surface area contributed by atoms with Crippen LogP contribution in [0.1, 0.15) is 64.5 Å². The fourth-order valence-corrected chi connectivity index (χ4v) is 8.70. The van der Waals surface area contributed by atoms with Gasteiger partial charge in [0.15, 0.2) is 0 Å². The fourth-order valence-electron chi connectivity index (χ4n) is 7.94. The van der Waals surface area contributed by atoms with Gasteiger partial charge in [-0.3, -0.25) is 9.00 Å². The van der Waals surface area contributed by atoms with Gasteiger partial charge in [-0.05, 0) is 51.2 Å². The van der Waals surface area contributed by atoms with Crippen molar-refractivity contribution in [3.63, 3.8) is 0 Å². The zero-order chi connectivity index (χ0) is 35.0. The molecule has 2 unspecified atom stereocenters. The molecule has 0 radical (unpaired) electrons. The van der Waals surface area contributed by atoms with E-state index in [9.17, 15) is 23.7 Å². The number of carbonyl (C=O) groups is 2. The maximum absolute atomic E-state index is 14.4. The summed E-state index contributed by atoms with van der Waals surface area (Å²) in [4.78, 5) is 47.0. The fraction of sp³-hybridized carbons (Fsp3) is 0.500. The number of amides is 3. The first-order valence-electron chi connectivity index (χ1n) is 17.2. The number of urea groups is 1. The third kappa shape index (κ3) is 7.19. The molecule has 2 aromatic carbocycles. The topological polar surface area (TPSA) is 112 Å². The minimum absolute atomic E-state index is 0.0638. The Kier molecular flexibility index (Phi) is 9.79. The van der Waals surface area contributed by atoms with Gasteiger partial charge in [0, 0.05) is 62.2 Å². The third-order valence-electron chi connectivity index (χ3n) is 10.5. The van der Waals surface area contributed by atoms with Crippen LogP contribution < -0.4 is 5.56 Å². The summed E-state index contributed by atoms with van der Waals surface area (Å²) in [6.07, 6.45) is 6.50. The molecule has 3 fully saturated rings. The van der Waals surface area contributed by atoms with E-state index in [1.807, 2.05) is 91.2 Å². The number of piperazine rings is 1. The molecule has 3 aliphatic rings. The maximum Gasteiger partial charge on any atom is 0.410 e. The Morgan fingerprint density at radius 1 is 0.939 bits per heavy atom. The van der Waals surface area contributed by atoms with Gasteiger partial charge >= 0.3 is 12.1 Å². The number of benzene rings is 2. The van der Waals surface area contributed by atoms with E-state index in [0.717, 1.165) is 36.8 Å². The van der Waals surface area contributed by atoms with Crippen molar-refractivity contribution in [3.05, 3.63) is 88.8 Å². The van der Waals surface area contributed by atoms with E-state index in [2.05, 4.69) is 0 Å². The predicted molar refractivity (Wildman–Crippen MR) is 190 cm³/mol. The molecule has 0 bridgehead atoms. The number of rotatable bonds is 5. The van der Waals surface area contributed by atoms with E-state index in [0.29, 0.717) is 49.6 Å². The van der Waals surface area contributed by atoms with Gasteiger partial charge in [-0.1, -0.05) is 73.5 Å². The lowest BCUT2D eigenvalue weighted by Gasteiger charge is -2.53. The molecule has 1 saturated carbocycles. The number of pyridine rings is 1. The van der Waals surface area contributed by atoms with Crippen LogP contribution in [0.25, 0.3) is 11.1 Å². The second-order valence-corrected chi connectivity index (χ2v) is 16.2. The van der Waals surface area contributed by atoms with Gasteiger partial charge in [0.1, 0.15) is 5.60 Å². The number of likely N-dealkylation sites (tertiary alicyclic amines) is 1. The van der Waals surface area contributed by atoms with Crippen LogP contribution in [0.3, 0.4) is 0 Å². The first kappa shape index (κ1) is 34.9. The molecule has 49 heavy (non-hydrogen) atoms. The molecule has 1 spiro atoms. The van der Waals surface area contributed by atoms with Crippen molar-refractivity contribution in [1.82, 2.24) is 19.3 Å². The summed E-state index contributed by atoms with van der Waals surface area (Å²) in [7, 11) is -1.37. The van der Waals surface area contributed by atoms with Crippen LogP contribution in [0.2, 0.25) is 0 Å². The van der Waals surface area contributed by atoms with Crippen LogP contribution in [0.5, 0.6) is 0 Å². The summed E-state index contributed by atoms with van der Waals surface area (Å²) in [6.45, 7) is 7.32. The molecular formula is C38H48N4O6S. The van der Waals surface area contributed by atoms with Crippen molar-refractivity contribution < 1.29 is 23.6 Å². The summed E-state index contributed by atoms with van der Waals surface area (Å²) in [5, 5.41) is 12.5. The van der Waals surface area contributed by atoms with Crippen molar-refractivity contribution >= 4 is 22.9 Å². The van der Waals surface area contributed by atoms with Gasteiger partial charge in [0.05, 0.1) is 33.9 Å². The van der Waals surface area contributed by atoms with Crippen molar-refractivity contribution in [1.29, 1.82) is 0 Å². The Bertz CT molecular complexity index is 1750. The van der Waals surface area contributed by atoms with Gasteiger partial charge in [-0.15, -0.1) is 0 Å². The van der Waals surface area contributed by atoms with Crippen LogP contribution in [0.4, 0.5) is 9.59 Å². The molecule has 2 saturated heterocycles. The van der Waals surface area contributed by atoms with Crippen molar-refractivity contribution in [2.24, 2.45) is 5.41 Å². The molecule has 2 aliphatic heterocycles. The number of hydrogen-bond acceptors (Lipinski definition) is 6. The maximum atomic E-state index is 14.4. The highest BCUT2D eigenvalue weighted by molar-refractivity contribution is 7.84. The third-order valence-corrected chi connectivity index (χ3v) is 11.4. The predicted octanol–water partition coefficient (Wildman–Crippen LogP) is 5.66. The molecule has 1 aliphatic carbocycles. The lowest BCUT2D eigenvalue weighted by Crippen LogP contribution is -2.64. The average Bonchev–Trinajstić information content (AvgIpc) is 3.56. The Morgan fingerprint density at radius 3 is 2.22 bits per heavy atom. The highest BCUT2D eigenvalue weighted by Gasteiger charge is 2.56. The van der Waals surface area contributed by atoms with Gasteiger partial charge in [-0.25, -0.2) is 9.59 Å². The van der Waals surface area contributed by atoms with Gasteiger partial charge < -0.3 is 29.1 Å². The highest BCUT2D eigenvalue weighted by Crippen LogP contribution is 2.52. The number of piperidine rings is 1. The Hall–Kier alpha value is -3.96. The number of nitrogens with zero attached hydrogens (tertiary/aromatic N) is 4. The van der Waals surface area contributed by atoms with E-state index in [1.54, 1.807) is 17.4 Å². The summed E-state index contributed by atoms with van der Waals surface area (Å²) < 4.78 is 20.1. The van der Waals surface area contributed by atoms with E-state index >= 15 is 0 Å². The van der Waals surface area contributed by atoms with Gasteiger partial charge in [0.2, 0.25) is 0 Å². The Balaban J connectivity index is 1.25. The highest BCUT2D eigenvalue weighted by atomic mass is 32.2. The van der Waals surface area contributed by atoms with E-state index < -0.39 is 33.5 Å². The zero-order valence-corrected chi connectivity index (χ0v) is 29.8. The second kappa shape index (κ2) is 13.7. The van der Waals surface area contributed by atoms with Crippen LogP contribution in [0, 0.1) is 5.41 Å². The summed E-state index contributed by atoms with van der Waals surface area (Å²) >= 11 is 0. The largest absolute Gasteiger partial charge is 0.444 e. The zero-order valence-electron chi connectivity index (χ0n) is 29.0. The van der Waals surface area contributed by atoms with Gasteiger partial charge in [0.25, 0.3) is 5.56 Å². The molecular weight excluding hydrogens is 641 g/mol. The number of ether oxygens (including phenoxy) is 1. The van der Waals surface area contributed by atoms with Crippen molar-refractivity contribution in [2.75, 3.05) is 39.0 Å². The normalized spacial score (nSPS) is 23.0. The van der Waals surface area contributed by atoms with E-state index in [-0.39, 0.29) is 24.2 Å². The number of aliphatic hydroxyl groups is 1. The molecule has 3 heterocycles. The smallest absolute Gasteiger partial charge is 0.410 e. The van der Waals surface area contributed by atoms with E-state index in [1.165, 1.54) is 10.6 Å². The van der Waals surface area contributed by atoms with Crippen molar-refractivity contribution in [3.8, 4) is 11.1 Å². The molecule has 1 N–H and O–H groups in total. The first-order chi connectivity index (χ1) is 23.3. The molecule has 10 nitrogen and oxygen atoms in total. The second-order valence-electron chi connectivity index (χ2n) is 14.9. The molecule has 6 rings (SSSR count). The first-order valence-corrected chi connectivity index (χ1v) is 18.8. The lowest BCUT2D eigenvalue weighted by atomic mass is 9.66. The Morgan fingerprint density at radius 2 is 1.59 bits per heavy atom. The van der Waals surface area contributed by atoms with Crippen LogP contribution in [-0.2, 0) is 22.1 Å². The monoisotopic (exact) mass is 688 g/mol. The summed E-state index contributed by atoms with van der Waals surface area (Å²) in [6, 6.07) is 20.3. The lowest BCUT2D eigenvalue weighted by molar-refractivity contribution is -0.137. The SMILES string of the molecule is CS(=O)c1cn(CC2(O)CCN(C(=O)N3CCN(C(=O)OC(C)(C)C)C[C@H]3c3ccccc3)CC23CCCC3)c(=O)cc1-c1ccccc1. The van der Waals surface area contributed by atoms with E-state index in [4.69, 9.17) is 4.74 Å². The summed E-state index contributed by atoms with van der Waals surface area (Å²) in [5.74, 6) is 0. The van der Waals surface area contributed by atoms with Crippen LogP contribution in [-0.4, -0.2) is 90.9 Å². The number of hydrogen-bond donors (Lipinski definition) is 1. The quantitative estimate of drug-likeness (QED) is 0.370. The van der Waals surface area contributed by atoms with Crippen molar-refractivity contribution in [2.45, 2.75) is 81.6 Å². The minimum Gasteiger partial charge on any atom is -0.444 e. The molecule has 1 aromatic heterocycles. The number of aromatic nitrogens is 1. The average molecular weight is 689 g/mol. The summed E-state index contributed by atoms with van der Waals surface area (Å²) in [5.41, 5.74) is -0.335. The number of carbonyl (C=O) groups excluding carboxylic acids is 2. The standard InChI is InChI=1S/C38H48N4O6S/c1-36(2,3)48-35(45)39-21-22-42(31(24-39)29-15-9-6-10-16-29)34(44)40-20-19-38(46,37(26-40)17-11-12-18-37)27-41-25-32(49(4)47)30(23-33(41)43)28-13-7-5-8-14-28/h5-10,13-16,23,25,31,46H,11-12,17-22,24,26-27H2,1-4H3/t31-,38?,49?/m0/s1. The van der Waals surface area contributed by atoms with Gasteiger partial charge in [-0.2, -0.15) is 0 Å². The molecule has 3 aromatic rings. The minimum atomic E-state index is -1.37.